The van der Waals surface area contributed by atoms with Crippen LogP contribution in [0, 0.1) is 0 Å². The van der Waals surface area contributed by atoms with Crippen molar-refractivity contribution >= 4 is 33.1 Å². The number of likely N-dealkylation sites (tertiary alicyclic amines) is 1. The summed E-state index contributed by atoms with van der Waals surface area (Å²) < 4.78 is 39.2. The Morgan fingerprint density at radius 1 is 1.05 bits per heavy atom. The molecule has 3 aliphatic rings. The number of morpholine rings is 1. The van der Waals surface area contributed by atoms with Gasteiger partial charge in [-0.25, -0.2) is 13.8 Å². The van der Waals surface area contributed by atoms with Crippen molar-refractivity contribution in [2.24, 2.45) is 0 Å². The van der Waals surface area contributed by atoms with E-state index < -0.39 is 5.92 Å². The first-order chi connectivity index (χ1) is 19.5. The molecule has 3 fully saturated rings. The van der Waals surface area contributed by atoms with Gasteiger partial charge >= 0.3 is 0 Å². The van der Waals surface area contributed by atoms with Gasteiger partial charge in [-0.05, 0) is 31.0 Å². The van der Waals surface area contributed by atoms with Gasteiger partial charge in [-0.1, -0.05) is 6.07 Å². The van der Waals surface area contributed by atoms with E-state index in [1.165, 1.54) is 0 Å². The third-order valence-electron chi connectivity index (χ3n) is 8.32. The van der Waals surface area contributed by atoms with E-state index in [2.05, 4.69) is 32.2 Å². The van der Waals surface area contributed by atoms with E-state index in [4.69, 9.17) is 19.4 Å². The van der Waals surface area contributed by atoms with Crippen LogP contribution in [0.2, 0.25) is 0 Å². The molecule has 40 heavy (non-hydrogen) atoms. The number of nitrogens with zero attached hydrogens (tertiary/aromatic N) is 6. The van der Waals surface area contributed by atoms with Crippen molar-refractivity contribution in [3.05, 3.63) is 41.5 Å². The van der Waals surface area contributed by atoms with E-state index in [0.717, 1.165) is 98.5 Å². The van der Waals surface area contributed by atoms with Crippen LogP contribution >= 0.6 is 11.3 Å². The number of hydrogen-bond donors (Lipinski definition) is 0. The van der Waals surface area contributed by atoms with Crippen LogP contribution in [0.25, 0.3) is 10.9 Å². The molecule has 1 unspecified atom stereocenters. The normalized spacial score (nSPS) is 21.6. The van der Waals surface area contributed by atoms with Gasteiger partial charge in [-0.2, -0.15) is 0 Å². The molecule has 3 aliphatic heterocycles. The predicted octanol–water partition coefficient (Wildman–Crippen LogP) is 4.52. The summed E-state index contributed by atoms with van der Waals surface area (Å²) in [5.74, 6) is -1.74. The second-order valence-electron chi connectivity index (χ2n) is 10.9. The Morgan fingerprint density at radius 3 is 2.73 bits per heavy atom. The Morgan fingerprint density at radius 2 is 1.93 bits per heavy atom. The fraction of sp³-hybridized carbons (Fsp3) is 0.586. The third-order valence-corrected chi connectivity index (χ3v) is 9.24. The van der Waals surface area contributed by atoms with Gasteiger partial charge in [0.15, 0.2) is 5.13 Å². The van der Waals surface area contributed by atoms with Crippen molar-refractivity contribution in [2.75, 3.05) is 89.0 Å². The Kier molecular flexibility index (Phi) is 8.34. The molecule has 216 valence electrons. The van der Waals surface area contributed by atoms with Crippen LogP contribution in [-0.2, 0) is 4.74 Å². The van der Waals surface area contributed by atoms with E-state index >= 15 is 0 Å². The molecule has 11 heteroatoms. The molecular weight excluding hydrogens is 534 g/mol. The highest BCUT2D eigenvalue weighted by molar-refractivity contribution is 7.13. The zero-order valence-electron chi connectivity index (χ0n) is 23.1. The summed E-state index contributed by atoms with van der Waals surface area (Å²) in [5, 5.41) is 4.30. The molecule has 1 atom stereocenters. The molecule has 5 heterocycles. The van der Waals surface area contributed by atoms with E-state index in [-0.39, 0.29) is 19.0 Å². The minimum absolute atomic E-state index is 0.0465. The molecule has 1 aromatic carbocycles. The maximum Gasteiger partial charge on any atom is 0.261 e. The van der Waals surface area contributed by atoms with E-state index in [1.54, 1.807) is 18.4 Å². The number of methoxy groups -OCH3 is 1. The summed E-state index contributed by atoms with van der Waals surface area (Å²) in [6, 6.07) is 8.21. The summed E-state index contributed by atoms with van der Waals surface area (Å²) in [5.41, 5.74) is 3.05. The van der Waals surface area contributed by atoms with Crippen LogP contribution in [0.1, 0.15) is 31.0 Å². The average molecular weight is 573 g/mol. The Labute approximate surface area is 238 Å². The van der Waals surface area contributed by atoms with Crippen molar-refractivity contribution in [3.63, 3.8) is 0 Å². The van der Waals surface area contributed by atoms with Gasteiger partial charge in [-0.15, -0.1) is 11.3 Å². The van der Waals surface area contributed by atoms with Crippen LogP contribution in [0.15, 0.2) is 35.8 Å². The summed E-state index contributed by atoms with van der Waals surface area (Å²) in [4.78, 5) is 18.9. The molecule has 2 aromatic heterocycles. The molecule has 8 nitrogen and oxygen atoms in total. The summed E-state index contributed by atoms with van der Waals surface area (Å²) in [7, 11) is 1.71. The number of alkyl halides is 2. The van der Waals surface area contributed by atoms with Crippen LogP contribution in [0.3, 0.4) is 0 Å². The van der Waals surface area contributed by atoms with Gasteiger partial charge < -0.3 is 19.3 Å². The zero-order valence-corrected chi connectivity index (χ0v) is 23.9. The summed E-state index contributed by atoms with van der Waals surface area (Å²) >= 11 is 1.68. The van der Waals surface area contributed by atoms with Crippen LogP contribution in [0.5, 0.6) is 5.75 Å². The predicted molar refractivity (Wildman–Crippen MR) is 155 cm³/mol. The number of pyridine rings is 1. The standard InChI is InChI=1S/C29H38F2N6O2S/c1-38-25-6-5-22-4-2-9-32-26(22)27(25)36-11-3-10-35(14-15-36)24(7-12-34-13-8-29(30,31)21-34)23-20-40-28(33-23)37-16-18-39-19-17-37/h2,4-6,9,20,24H,3,7-8,10-19,21H2,1H3. The maximum atomic E-state index is 13.9. The number of hydrogen-bond acceptors (Lipinski definition) is 9. The first-order valence-electron chi connectivity index (χ1n) is 14.3. The van der Waals surface area contributed by atoms with Crippen molar-refractivity contribution in [2.45, 2.75) is 31.2 Å². The maximum absolute atomic E-state index is 13.9. The van der Waals surface area contributed by atoms with Gasteiger partial charge in [-0.3, -0.25) is 14.8 Å². The average Bonchev–Trinajstić information content (AvgIpc) is 3.52. The van der Waals surface area contributed by atoms with E-state index in [1.807, 2.05) is 23.2 Å². The quantitative estimate of drug-likeness (QED) is 0.391. The number of halogens is 2. The number of thiazole rings is 1. The molecule has 0 spiro atoms. The number of ether oxygens (including phenoxy) is 2. The summed E-state index contributed by atoms with van der Waals surface area (Å²) in [6.07, 6.45) is 3.54. The van der Waals surface area contributed by atoms with E-state index in [0.29, 0.717) is 13.1 Å². The van der Waals surface area contributed by atoms with E-state index in [9.17, 15) is 8.78 Å². The van der Waals surface area contributed by atoms with Crippen LogP contribution in [0.4, 0.5) is 19.6 Å². The lowest BCUT2D eigenvalue weighted by molar-refractivity contribution is 0.0114. The highest BCUT2D eigenvalue weighted by Gasteiger charge is 2.38. The topological polar surface area (TPSA) is 57.2 Å². The minimum Gasteiger partial charge on any atom is -0.494 e. The fourth-order valence-corrected chi connectivity index (χ4v) is 7.13. The number of rotatable bonds is 8. The second kappa shape index (κ2) is 12.1. The molecule has 0 radical (unpaired) electrons. The molecule has 0 aliphatic carbocycles. The lowest BCUT2D eigenvalue weighted by Crippen LogP contribution is -2.37. The molecule has 3 saturated heterocycles. The molecule has 0 bridgehead atoms. The van der Waals surface area contributed by atoms with Crippen molar-refractivity contribution in [1.29, 1.82) is 0 Å². The lowest BCUT2D eigenvalue weighted by Gasteiger charge is -2.31. The van der Waals surface area contributed by atoms with Gasteiger partial charge in [0.25, 0.3) is 5.92 Å². The Bertz CT molecular complexity index is 1290. The fourth-order valence-electron chi connectivity index (χ4n) is 6.20. The molecule has 3 aromatic rings. The molecule has 6 rings (SSSR count). The Balaban J connectivity index is 1.22. The van der Waals surface area contributed by atoms with Crippen LogP contribution in [-0.4, -0.2) is 105 Å². The molecule has 0 N–H and O–H groups in total. The Hall–Kier alpha value is -2.60. The lowest BCUT2D eigenvalue weighted by atomic mass is 10.1. The highest BCUT2D eigenvalue weighted by Crippen LogP contribution is 2.37. The minimum atomic E-state index is -2.58. The first-order valence-corrected chi connectivity index (χ1v) is 15.2. The largest absolute Gasteiger partial charge is 0.494 e. The smallest absolute Gasteiger partial charge is 0.261 e. The summed E-state index contributed by atoms with van der Waals surface area (Å²) in [6.45, 7) is 7.57. The van der Waals surface area contributed by atoms with Crippen LogP contribution < -0.4 is 14.5 Å². The number of aromatic nitrogens is 2. The number of anilines is 2. The second-order valence-corrected chi connectivity index (χ2v) is 11.7. The van der Waals surface area contributed by atoms with Crippen molar-refractivity contribution < 1.29 is 18.3 Å². The zero-order chi connectivity index (χ0) is 27.5. The molecular formula is C29H38F2N6O2S. The molecule has 0 saturated carbocycles. The van der Waals surface area contributed by atoms with Gasteiger partial charge in [0.2, 0.25) is 0 Å². The number of fused-ring (bicyclic) bond motifs is 1. The first kappa shape index (κ1) is 27.6. The monoisotopic (exact) mass is 572 g/mol. The van der Waals surface area contributed by atoms with Crippen molar-refractivity contribution in [3.8, 4) is 5.75 Å². The highest BCUT2D eigenvalue weighted by atomic mass is 32.1. The van der Waals surface area contributed by atoms with Gasteiger partial charge in [0.05, 0.1) is 44.1 Å². The van der Waals surface area contributed by atoms with Crippen molar-refractivity contribution in [1.82, 2.24) is 19.8 Å². The number of benzene rings is 1. The van der Waals surface area contributed by atoms with Gasteiger partial charge in [0, 0.05) is 75.7 Å². The SMILES string of the molecule is COc1ccc2cccnc2c1N1CCCN(C(CCN2CCC(F)(F)C2)c2csc(N3CCOCC3)n2)CC1. The third kappa shape index (κ3) is 6.02. The van der Waals surface area contributed by atoms with Gasteiger partial charge in [0.1, 0.15) is 11.4 Å². The molecule has 0 amide bonds.